The molecule has 0 aliphatic carbocycles. The minimum absolute atomic E-state index is 0.0296. The van der Waals surface area contributed by atoms with Crippen molar-refractivity contribution < 1.29 is 43.5 Å². The summed E-state index contributed by atoms with van der Waals surface area (Å²) in [6.07, 6.45) is -7.32. The quantitative estimate of drug-likeness (QED) is 0.291. The number of rotatable bonds is 8. The number of aliphatic hydroxyl groups is 2. The number of thioether (sulfide) groups is 1. The van der Waals surface area contributed by atoms with E-state index in [0.29, 0.717) is 4.90 Å². The Hall–Kier alpha value is -1.80. The van der Waals surface area contributed by atoms with Crippen LogP contribution in [0.1, 0.15) is 18.3 Å². The first-order valence-corrected chi connectivity index (χ1v) is 14.1. The fourth-order valence-electron chi connectivity index (χ4n) is 4.42. The maximum Gasteiger partial charge on any atom is 0.407 e. The average Bonchev–Trinajstić information content (AvgIpc) is 3.43. The smallest absolute Gasteiger partial charge is 0.407 e. The van der Waals surface area contributed by atoms with Gasteiger partial charge in [-0.3, -0.25) is 0 Å². The van der Waals surface area contributed by atoms with Crippen LogP contribution in [0.2, 0.25) is 0 Å². The number of aliphatic hydroxyl groups excluding tert-OH is 2. The molecule has 0 radical (unpaired) electrons. The molecule has 14 heteroatoms. The van der Waals surface area contributed by atoms with E-state index in [4.69, 9.17) is 58.5 Å². The number of hydrogen-bond donors (Lipinski definition) is 3. The summed E-state index contributed by atoms with van der Waals surface area (Å²) in [6, 6.07) is 16.7. The zero-order valence-corrected chi connectivity index (χ0v) is 24.2. The summed E-state index contributed by atoms with van der Waals surface area (Å²) in [5.41, 5.74) is 0.732. The molecule has 7 atom stereocenters. The maximum atomic E-state index is 13.1. The molecule has 1 unspecified atom stereocenters. The summed E-state index contributed by atoms with van der Waals surface area (Å²) in [4.78, 5) is 24.6. The number of ether oxygens (including phenoxy) is 5. The van der Waals surface area contributed by atoms with E-state index in [1.807, 2.05) is 30.3 Å². The Labute approximate surface area is 250 Å². The second-order valence-electron chi connectivity index (χ2n) is 9.12. The van der Waals surface area contributed by atoms with Crippen molar-refractivity contribution in [2.24, 2.45) is 0 Å². The minimum atomic E-state index is -1.87. The normalized spacial score (nSPS) is 29.4. The molecule has 1 amide bonds. The molecule has 2 aromatic rings. The van der Waals surface area contributed by atoms with Gasteiger partial charge in [0.05, 0.1) is 25.9 Å². The number of halogens is 3. The van der Waals surface area contributed by atoms with E-state index in [2.05, 4.69) is 5.32 Å². The molecular weight excluding hydrogens is 609 g/mol. The van der Waals surface area contributed by atoms with Gasteiger partial charge in [-0.05, 0) is 12.1 Å². The largest absolute Gasteiger partial charge is 0.466 e. The highest BCUT2D eigenvalue weighted by Crippen LogP contribution is 2.45. The molecular formula is C26H28Cl3NO9S. The number of methoxy groups -OCH3 is 1. The van der Waals surface area contributed by atoms with Crippen LogP contribution in [0.4, 0.5) is 4.79 Å². The van der Waals surface area contributed by atoms with Crippen LogP contribution in [-0.2, 0) is 28.5 Å². The first-order valence-electron chi connectivity index (χ1n) is 12.2. The lowest BCUT2D eigenvalue weighted by Gasteiger charge is -2.47. The van der Waals surface area contributed by atoms with E-state index < -0.39 is 64.1 Å². The van der Waals surface area contributed by atoms with Crippen molar-refractivity contribution in [2.45, 2.75) is 56.8 Å². The van der Waals surface area contributed by atoms with Crippen molar-refractivity contribution in [3.05, 3.63) is 66.2 Å². The minimum Gasteiger partial charge on any atom is -0.466 e. The van der Waals surface area contributed by atoms with Gasteiger partial charge in [-0.25, -0.2) is 9.59 Å². The van der Waals surface area contributed by atoms with Crippen molar-refractivity contribution in [3.63, 3.8) is 0 Å². The standard InChI is InChI=1S/C26H28Cl3NO9S/c1-35-23(33)25(40-16-10-6-3-7-11-16)12-17(31)19(30-24(34)37-14-26(27,28)29)21(39-25)20(32)18-13-36-22(38-18)15-8-4-2-5-9-15/h2-11,17-22,31-32H,12-14H2,1H3,(H,30,34)/t17-,18+,19+,20+,21+,22?,25+/m0/s1. The SMILES string of the molecule is COC(=O)[C@]1(Sc2ccccc2)C[C@H](O)[C@@H](NC(=O)OCC(Cl)(Cl)Cl)[C@H]([C@H](O)[C@H]2COC(c3ccccc3)O2)O1. The molecule has 2 aliphatic heterocycles. The number of alkyl halides is 3. The zero-order valence-electron chi connectivity index (χ0n) is 21.2. The summed E-state index contributed by atoms with van der Waals surface area (Å²) in [5.74, 6) is -0.791. The van der Waals surface area contributed by atoms with Crippen molar-refractivity contribution in [3.8, 4) is 0 Å². The van der Waals surface area contributed by atoms with Gasteiger partial charge in [-0.15, -0.1) is 0 Å². The van der Waals surface area contributed by atoms with E-state index in [1.54, 1.807) is 30.3 Å². The average molecular weight is 637 g/mol. The van der Waals surface area contributed by atoms with Gasteiger partial charge in [-0.1, -0.05) is 95.1 Å². The fourth-order valence-corrected chi connectivity index (χ4v) is 5.83. The van der Waals surface area contributed by atoms with E-state index in [9.17, 15) is 19.8 Å². The number of esters is 1. The van der Waals surface area contributed by atoms with Crippen LogP contribution in [0.25, 0.3) is 0 Å². The molecule has 3 N–H and O–H groups in total. The Morgan fingerprint density at radius 3 is 2.42 bits per heavy atom. The number of amides is 1. The molecule has 2 saturated heterocycles. The topological polar surface area (TPSA) is 133 Å². The summed E-state index contributed by atoms with van der Waals surface area (Å²) < 4.78 is 26.1. The van der Waals surface area contributed by atoms with Crippen LogP contribution in [0, 0.1) is 0 Å². The number of alkyl carbamates (subject to hydrolysis) is 1. The Balaban J connectivity index is 1.61. The van der Waals surface area contributed by atoms with E-state index >= 15 is 0 Å². The summed E-state index contributed by atoms with van der Waals surface area (Å²) in [7, 11) is 1.19. The van der Waals surface area contributed by atoms with E-state index in [1.165, 1.54) is 7.11 Å². The molecule has 2 aromatic carbocycles. The van der Waals surface area contributed by atoms with Gasteiger partial charge in [0, 0.05) is 16.9 Å². The second kappa shape index (κ2) is 13.5. The maximum absolute atomic E-state index is 13.1. The van der Waals surface area contributed by atoms with Gasteiger partial charge in [0.25, 0.3) is 0 Å². The predicted octanol–water partition coefficient (Wildman–Crippen LogP) is 3.74. The number of carbonyl (C=O) groups excluding carboxylic acids is 2. The number of hydrogen-bond acceptors (Lipinski definition) is 10. The highest BCUT2D eigenvalue weighted by Gasteiger charge is 2.57. The monoisotopic (exact) mass is 635 g/mol. The third-order valence-electron chi connectivity index (χ3n) is 6.25. The number of benzene rings is 2. The highest BCUT2D eigenvalue weighted by atomic mass is 35.6. The fraction of sp³-hybridized carbons (Fsp3) is 0.462. The van der Waals surface area contributed by atoms with Crippen LogP contribution in [-0.4, -0.2) is 81.8 Å². The van der Waals surface area contributed by atoms with Crippen molar-refractivity contribution >= 4 is 58.6 Å². The van der Waals surface area contributed by atoms with E-state index in [-0.39, 0.29) is 13.0 Å². The van der Waals surface area contributed by atoms with E-state index in [0.717, 1.165) is 17.3 Å². The van der Waals surface area contributed by atoms with Gasteiger partial charge in [0.2, 0.25) is 8.73 Å². The Morgan fingerprint density at radius 2 is 1.80 bits per heavy atom. The Kier molecular flexibility index (Phi) is 10.5. The third-order valence-corrected chi connectivity index (χ3v) is 7.84. The lowest BCUT2D eigenvalue weighted by Crippen LogP contribution is -2.66. The Morgan fingerprint density at radius 1 is 1.15 bits per heavy atom. The van der Waals surface area contributed by atoms with Gasteiger partial charge in [0.15, 0.2) is 6.29 Å². The van der Waals surface area contributed by atoms with Crippen LogP contribution >= 0.6 is 46.6 Å². The molecule has 0 saturated carbocycles. The first-order chi connectivity index (χ1) is 19.0. The summed E-state index contributed by atoms with van der Waals surface area (Å²) >= 11 is 18.0. The molecule has 4 rings (SSSR count). The van der Waals surface area contributed by atoms with Gasteiger partial charge >= 0.3 is 12.1 Å². The summed E-state index contributed by atoms with van der Waals surface area (Å²) in [6.45, 7) is -0.604. The number of carbonyl (C=O) groups is 2. The number of nitrogens with one attached hydrogen (secondary N) is 1. The summed E-state index contributed by atoms with van der Waals surface area (Å²) in [5, 5.41) is 25.2. The molecule has 0 bridgehead atoms. The third kappa shape index (κ3) is 7.72. The van der Waals surface area contributed by atoms with Crippen LogP contribution in [0.15, 0.2) is 65.6 Å². The Bertz CT molecular complexity index is 1140. The molecule has 2 fully saturated rings. The van der Waals surface area contributed by atoms with Gasteiger partial charge in [-0.2, -0.15) is 0 Å². The van der Waals surface area contributed by atoms with Crippen LogP contribution < -0.4 is 5.32 Å². The molecule has 0 spiro atoms. The van der Waals surface area contributed by atoms with Crippen LogP contribution in [0.3, 0.4) is 0 Å². The highest BCUT2D eigenvalue weighted by molar-refractivity contribution is 8.01. The second-order valence-corrected chi connectivity index (χ2v) is 13.0. The molecule has 2 aliphatic rings. The van der Waals surface area contributed by atoms with Crippen molar-refractivity contribution in [1.82, 2.24) is 5.32 Å². The molecule has 2 heterocycles. The van der Waals surface area contributed by atoms with Gasteiger partial charge < -0.3 is 39.2 Å². The van der Waals surface area contributed by atoms with Gasteiger partial charge in [0.1, 0.15) is 24.9 Å². The molecule has 0 aromatic heterocycles. The molecule has 10 nitrogen and oxygen atoms in total. The molecule has 218 valence electrons. The lowest BCUT2D eigenvalue weighted by atomic mass is 9.90. The van der Waals surface area contributed by atoms with Crippen molar-refractivity contribution in [1.29, 1.82) is 0 Å². The first kappa shape index (κ1) is 31.1. The lowest BCUT2D eigenvalue weighted by molar-refractivity contribution is -0.206. The predicted molar refractivity (Wildman–Crippen MR) is 147 cm³/mol. The van der Waals surface area contributed by atoms with Crippen molar-refractivity contribution in [2.75, 3.05) is 20.3 Å². The van der Waals surface area contributed by atoms with Crippen LogP contribution in [0.5, 0.6) is 0 Å². The molecule has 40 heavy (non-hydrogen) atoms. The zero-order chi connectivity index (χ0) is 28.9.